The number of aliphatic imine (C=N–C) groups is 2. The minimum Gasteiger partial charge on any atom is -0.394 e. The van der Waals surface area contributed by atoms with Crippen molar-refractivity contribution in [2.24, 2.45) is 26.6 Å². The number of nitrogen functional groups attached to an aromatic ring is 1. The predicted octanol–water partition coefficient (Wildman–Crippen LogP) is -2.81. The van der Waals surface area contributed by atoms with Gasteiger partial charge in [0, 0.05) is 23.5 Å². The van der Waals surface area contributed by atoms with Crippen LogP contribution in [0, 0.1) is 0 Å². The first-order valence-corrected chi connectivity index (χ1v) is 17.4. The summed E-state index contributed by atoms with van der Waals surface area (Å²) < 4.78 is 32.3. The maximum Gasteiger partial charge on any atom is 0.200 e. The van der Waals surface area contributed by atoms with Gasteiger partial charge in [0.05, 0.1) is 25.2 Å². The summed E-state index contributed by atoms with van der Waals surface area (Å²) in [6.07, 6.45) is -1.76. The summed E-state index contributed by atoms with van der Waals surface area (Å²) in [5.41, 5.74) is 20.2. The minimum atomic E-state index is -2.05. The van der Waals surface area contributed by atoms with Crippen LogP contribution in [0.1, 0.15) is 20.1 Å². The van der Waals surface area contributed by atoms with E-state index in [1.54, 1.807) is 16.8 Å². The molecule has 0 saturated carbocycles. The van der Waals surface area contributed by atoms with Crippen LogP contribution in [0.2, 0.25) is 0 Å². The maximum atomic E-state index is 14.5. The molecule has 7 rings (SSSR count). The number of aliphatic hydroxyl groups excluding tert-OH is 7. The molecule has 2 aromatic rings. The molecular formula is C33H46FN13O11. The number of nitrogens with zero attached hydrogens (tertiary/aromatic N) is 10. The van der Waals surface area contributed by atoms with Crippen LogP contribution in [-0.2, 0) is 14.2 Å². The summed E-state index contributed by atoms with van der Waals surface area (Å²) in [6.45, 7) is 8.31. The van der Waals surface area contributed by atoms with E-state index in [1.807, 2.05) is 0 Å². The highest BCUT2D eigenvalue weighted by Crippen LogP contribution is 2.41. The van der Waals surface area contributed by atoms with E-state index in [0.29, 0.717) is 16.9 Å². The van der Waals surface area contributed by atoms with Crippen molar-refractivity contribution in [3.05, 3.63) is 78.4 Å². The van der Waals surface area contributed by atoms with Crippen molar-refractivity contribution in [2.75, 3.05) is 25.6 Å². The Balaban J connectivity index is 0.000000166. The van der Waals surface area contributed by atoms with Crippen molar-refractivity contribution in [1.29, 1.82) is 0 Å². The summed E-state index contributed by atoms with van der Waals surface area (Å²) in [5, 5.41) is 81.6. The SMILES string of the molecule is C=C1N=C(N)C=CN1[C@@H]1O[C@@](CO)(N=[N+]=[N-])[C@H](O)C1O.C=C1N=C(N)C=CN1[C@@H]1O[C@H](CO)[C@H](O)C1(C)F.CC1(O)[C@@H](O)[C@@H](CO)O[C@H]1n1ccc2c(N)ncnc21. The van der Waals surface area contributed by atoms with Gasteiger partial charge < -0.3 is 86.6 Å². The molecule has 3 unspecified atom stereocenters. The molecule has 7 heterocycles. The number of ether oxygens (including phenoxy) is 3. The standard InChI is InChI=1S/C12H16N4O4.C11H16FN3O3.C10H14N6O4/c1-12(19)8(18)7(4-17)20-11(12)16-3-2-6-9(13)14-5-15-10(6)16;1-6-14-8(13)3-4-15(6)10-11(2,12)9(17)7(5-16)18-10;1-5-13-6(11)2-3-16(5)9-7(18)8(19)10(4-17,20-9)14-15-12/h2-3,5,7-8,11,17-19H,4H2,1H3,(H2,13,14,15);3-4,7,9-10,16-17H,1,5H2,2H3,(H2,13,14);2-3,7-9,17-19H,1,4H2,(H2,11,13)/t7-,8+,11-,12?;7-,9+,10-,11?;7?,8-,9-,10-/m111/s1. The zero-order chi connectivity index (χ0) is 42.9. The fourth-order valence-electron chi connectivity index (χ4n) is 6.67. The van der Waals surface area contributed by atoms with E-state index in [-0.39, 0.29) is 29.9 Å². The van der Waals surface area contributed by atoms with Gasteiger partial charge in [0.2, 0.25) is 5.72 Å². The van der Waals surface area contributed by atoms with Crippen molar-refractivity contribution in [3.63, 3.8) is 0 Å². The Bertz CT molecular complexity index is 2040. The summed E-state index contributed by atoms with van der Waals surface area (Å²) in [4.78, 5) is 21.0. The molecule has 5 aliphatic heterocycles. The quantitative estimate of drug-likeness (QED) is 0.0762. The molecule has 12 atom stereocenters. The van der Waals surface area contributed by atoms with Crippen LogP contribution < -0.4 is 17.2 Å². The van der Waals surface area contributed by atoms with E-state index in [1.165, 1.54) is 54.5 Å². The number of rotatable bonds is 7. The Morgan fingerprint density at radius 1 is 0.897 bits per heavy atom. The number of aromatic nitrogens is 3. The van der Waals surface area contributed by atoms with Gasteiger partial charge in [-0.05, 0) is 37.6 Å². The van der Waals surface area contributed by atoms with Gasteiger partial charge in [-0.1, -0.05) is 18.3 Å². The molecule has 0 spiro atoms. The van der Waals surface area contributed by atoms with Crippen LogP contribution in [0.3, 0.4) is 0 Å². The summed E-state index contributed by atoms with van der Waals surface area (Å²) in [6, 6.07) is 1.71. The van der Waals surface area contributed by atoms with Crippen LogP contribution in [0.4, 0.5) is 10.2 Å². The van der Waals surface area contributed by atoms with E-state index in [0.717, 1.165) is 0 Å². The fraction of sp³-hybridized carbons (Fsp3) is 0.515. The van der Waals surface area contributed by atoms with Crippen LogP contribution in [0.15, 0.2) is 83.0 Å². The van der Waals surface area contributed by atoms with E-state index in [2.05, 4.69) is 43.1 Å². The average molecular weight is 820 g/mol. The van der Waals surface area contributed by atoms with Crippen molar-refractivity contribution < 1.29 is 59.5 Å². The summed E-state index contributed by atoms with van der Waals surface area (Å²) in [7, 11) is 0. The molecule has 3 saturated heterocycles. The molecule has 0 amide bonds. The number of fused-ring (bicyclic) bond motifs is 1. The first kappa shape index (κ1) is 43.8. The van der Waals surface area contributed by atoms with Gasteiger partial charge in [0.25, 0.3) is 0 Å². The smallest absolute Gasteiger partial charge is 0.200 e. The summed E-state index contributed by atoms with van der Waals surface area (Å²) in [5.74, 6) is 1.20. The second-order valence-corrected chi connectivity index (χ2v) is 13.9. The van der Waals surface area contributed by atoms with Crippen LogP contribution in [-0.4, -0.2) is 163 Å². The first-order chi connectivity index (χ1) is 27.3. The normalized spacial score (nSPS) is 36.8. The number of amidine groups is 2. The highest BCUT2D eigenvalue weighted by atomic mass is 19.1. The number of halogens is 1. The number of anilines is 1. The largest absolute Gasteiger partial charge is 0.394 e. The monoisotopic (exact) mass is 819 g/mol. The number of hydrogen-bond acceptors (Lipinski definition) is 21. The molecule has 2 aromatic heterocycles. The molecule has 58 heavy (non-hydrogen) atoms. The Kier molecular flexibility index (Phi) is 12.8. The molecule has 0 aliphatic carbocycles. The van der Waals surface area contributed by atoms with Crippen LogP contribution in [0.5, 0.6) is 0 Å². The molecule has 24 nitrogen and oxygen atoms in total. The lowest BCUT2D eigenvalue weighted by Crippen LogP contribution is -2.48. The summed E-state index contributed by atoms with van der Waals surface area (Å²) >= 11 is 0. The van der Waals surface area contributed by atoms with Crippen LogP contribution >= 0.6 is 0 Å². The number of nitrogens with two attached hydrogens (primary N) is 3. The number of alkyl halides is 1. The average Bonchev–Trinajstić information content (AvgIpc) is 3.85. The van der Waals surface area contributed by atoms with Gasteiger partial charge in [-0.2, -0.15) is 0 Å². The third kappa shape index (κ3) is 7.93. The maximum absolute atomic E-state index is 14.5. The van der Waals surface area contributed by atoms with Gasteiger partial charge >= 0.3 is 0 Å². The van der Waals surface area contributed by atoms with Crippen LogP contribution in [0.25, 0.3) is 21.5 Å². The highest BCUT2D eigenvalue weighted by molar-refractivity contribution is 5.93. The van der Waals surface area contributed by atoms with Gasteiger partial charge in [-0.25, -0.2) is 24.3 Å². The Hall–Kier alpha value is -5.28. The zero-order valence-electron chi connectivity index (χ0n) is 31.2. The number of hydrogen-bond donors (Lipinski definition) is 11. The molecule has 316 valence electrons. The third-order valence-corrected chi connectivity index (χ3v) is 9.92. The lowest BCUT2D eigenvalue weighted by Gasteiger charge is -2.34. The van der Waals surface area contributed by atoms with E-state index < -0.39 is 85.5 Å². The lowest BCUT2D eigenvalue weighted by atomic mass is 9.96. The number of azide groups is 1. The predicted molar refractivity (Wildman–Crippen MR) is 200 cm³/mol. The zero-order valence-corrected chi connectivity index (χ0v) is 31.2. The molecule has 14 N–H and O–H groups in total. The van der Waals surface area contributed by atoms with E-state index >= 15 is 0 Å². The van der Waals surface area contributed by atoms with Crippen molar-refractivity contribution in [2.45, 2.75) is 86.1 Å². The van der Waals surface area contributed by atoms with Gasteiger partial charge in [0.15, 0.2) is 24.4 Å². The number of aliphatic hydroxyl groups is 8. The van der Waals surface area contributed by atoms with Gasteiger partial charge in [0.1, 0.15) is 83.3 Å². The highest BCUT2D eigenvalue weighted by Gasteiger charge is 2.57. The molecule has 5 aliphatic rings. The van der Waals surface area contributed by atoms with Crippen molar-refractivity contribution in [1.82, 2.24) is 24.3 Å². The Morgan fingerprint density at radius 3 is 1.98 bits per heavy atom. The van der Waals surface area contributed by atoms with Crippen molar-refractivity contribution >= 4 is 28.5 Å². The lowest BCUT2D eigenvalue weighted by molar-refractivity contribution is -0.130. The third-order valence-electron chi connectivity index (χ3n) is 9.92. The molecular weight excluding hydrogens is 773 g/mol. The second-order valence-electron chi connectivity index (χ2n) is 13.9. The minimum absolute atomic E-state index is 0.177. The molecule has 3 fully saturated rings. The van der Waals surface area contributed by atoms with Crippen molar-refractivity contribution in [3.8, 4) is 0 Å². The van der Waals surface area contributed by atoms with Gasteiger partial charge in [-0.3, -0.25) is 0 Å². The fourth-order valence-corrected chi connectivity index (χ4v) is 6.67. The topological polar surface area (TPSA) is 378 Å². The van der Waals surface area contributed by atoms with E-state index in [9.17, 15) is 40.1 Å². The Morgan fingerprint density at radius 2 is 1.47 bits per heavy atom. The van der Waals surface area contributed by atoms with Gasteiger partial charge in [-0.15, -0.1) is 0 Å². The van der Waals surface area contributed by atoms with E-state index in [4.69, 9.17) is 42.0 Å². The molecule has 0 bridgehead atoms. The first-order valence-electron chi connectivity index (χ1n) is 17.4. The molecule has 25 heteroatoms. The molecule has 0 radical (unpaired) electrons. The second kappa shape index (κ2) is 16.9. The molecule has 0 aromatic carbocycles. The Labute approximate surface area is 328 Å².